The minimum Gasteiger partial charge on any atom is -0.477 e. The SMILES string of the molecule is CCOC(=O)c1nnc(OCC)cc1C(F)(F)F. The van der Waals surface area contributed by atoms with Gasteiger partial charge in [0.25, 0.3) is 0 Å². The van der Waals surface area contributed by atoms with Gasteiger partial charge in [0, 0.05) is 6.07 Å². The molecule has 0 aliphatic heterocycles. The number of rotatable bonds is 4. The third kappa shape index (κ3) is 3.31. The van der Waals surface area contributed by atoms with E-state index in [1.54, 1.807) is 6.92 Å². The van der Waals surface area contributed by atoms with Crippen LogP contribution in [0.25, 0.3) is 0 Å². The molecule has 0 amide bonds. The quantitative estimate of drug-likeness (QED) is 0.779. The second kappa shape index (κ2) is 5.65. The Labute approximate surface area is 101 Å². The van der Waals surface area contributed by atoms with Gasteiger partial charge in [-0.25, -0.2) is 4.79 Å². The van der Waals surface area contributed by atoms with Gasteiger partial charge < -0.3 is 9.47 Å². The number of nitrogens with zero attached hydrogens (tertiary/aromatic N) is 2. The molecule has 1 aromatic rings. The molecule has 0 unspecified atom stereocenters. The van der Waals surface area contributed by atoms with Crippen LogP contribution in [-0.4, -0.2) is 29.4 Å². The number of hydrogen-bond acceptors (Lipinski definition) is 5. The summed E-state index contributed by atoms with van der Waals surface area (Å²) in [5.41, 5.74) is -2.09. The number of hydrogen-bond donors (Lipinski definition) is 0. The smallest absolute Gasteiger partial charge is 0.419 e. The Morgan fingerprint density at radius 3 is 2.44 bits per heavy atom. The molecule has 0 radical (unpaired) electrons. The Morgan fingerprint density at radius 2 is 1.94 bits per heavy atom. The summed E-state index contributed by atoms with van der Waals surface area (Å²) in [5.74, 6) is -1.46. The molecule has 1 heterocycles. The summed E-state index contributed by atoms with van der Waals surface area (Å²) in [4.78, 5) is 11.3. The van der Waals surface area contributed by atoms with Crippen LogP contribution in [0.2, 0.25) is 0 Å². The molecule has 0 atom stereocenters. The van der Waals surface area contributed by atoms with Gasteiger partial charge >= 0.3 is 12.1 Å². The van der Waals surface area contributed by atoms with Gasteiger partial charge in [-0.05, 0) is 13.8 Å². The van der Waals surface area contributed by atoms with Crippen molar-refractivity contribution in [3.8, 4) is 5.88 Å². The molecular formula is C10H11F3N2O3. The lowest BCUT2D eigenvalue weighted by Crippen LogP contribution is -2.18. The molecule has 0 N–H and O–H groups in total. The van der Waals surface area contributed by atoms with Crippen molar-refractivity contribution < 1.29 is 27.4 Å². The fourth-order valence-corrected chi connectivity index (χ4v) is 1.16. The van der Waals surface area contributed by atoms with Crippen molar-refractivity contribution in [1.29, 1.82) is 0 Å². The van der Waals surface area contributed by atoms with Gasteiger partial charge in [-0.15, -0.1) is 10.2 Å². The predicted molar refractivity (Wildman–Crippen MR) is 54.2 cm³/mol. The maximum Gasteiger partial charge on any atom is 0.419 e. The Kier molecular flexibility index (Phi) is 4.46. The average molecular weight is 264 g/mol. The number of aromatic nitrogens is 2. The summed E-state index contributed by atoms with van der Waals surface area (Å²) in [5, 5.41) is 6.59. The van der Waals surface area contributed by atoms with E-state index in [-0.39, 0.29) is 19.1 Å². The molecule has 0 bridgehead atoms. The predicted octanol–water partition coefficient (Wildman–Crippen LogP) is 2.07. The van der Waals surface area contributed by atoms with Gasteiger partial charge in [0.1, 0.15) is 0 Å². The number of esters is 1. The summed E-state index contributed by atoms with van der Waals surface area (Å²) in [6, 6.07) is 0.628. The van der Waals surface area contributed by atoms with E-state index in [9.17, 15) is 18.0 Å². The fourth-order valence-electron chi connectivity index (χ4n) is 1.16. The van der Waals surface area contributed by atoms with Crippen molar-refractivity contribution in [3.05, 3.63) is 17.3 Å². The topological polar surface area (TPSA) is 61.3 Å². The monoisotopic (exact) mass is 264 g/mol. The van der Waals surface area contributed by atoms with Crippen molar-refractivity contribution in [2.75, 3.05) is 13.2 Å². The lowest BCUT2D eigenvalue weighted by molar-refractivity contribution is -0.138. The first-order valence-electron chi connectivity index (χ1n) is 5.15. The number of alkyl halides is 3. The second-order valence-corrected chi connectivity index (χ2v) is 3.10. The number of carbonyl (C=O) groups is 1. The molecular weight excluding hydrogens is 253 g/mol. The van der Waals surface area contributed by atoms with E-state index < -0.39 is 23.4 Å². The van der Waals surface area contributed by atoms with Crippen LogP contribution in [-0.2, 0) is 10.9 Å². The molecule has 5 nitrogen and oxygen atoms in total. The van der Waals surface area contributed by atoms with Crippen LogP contribution in [0.4, 0.5) is 13.2 Å². The molecule has 0 saturated heterocycles. The second-order valence-electron chi connectivity index (χ2n) is 3.10. The van der Waals surface area contributed by atoms with E-state index in [1.165, 1.54) is 6.92 Å². The standard InChI is InChI=1S/C10H11F3N2O3/c1-3-17-7-5-6(10(11,12)13)8(15-14-7)9(16)18-4-2/h5H,3-4H2,1-2H3. The third-order valence-corrected chi connectivity index (χ3v) is 1.84. The zero-order valence-corrected chi connectivity index (χ0v) is 9.74. The highest BCUT2D eigenvalue weighted by atomic mass is 19.4. The Morgan fingerprint density at radius 1 is 1.28 bits per heavy atom. The van der Waals surface area contributed by atoms with Crippen LogP contribution in [0.15, 0.2) is 6.07 Å². The third-order valence-electron chi connectivity index (χ3n) is 1.84. The Hall–Kier alpha value is -1.86. The fraction of sp³-hybridized carbons (Fsp3) is 0.500. The molecule has 100 valence electrons. The molecule has 0 aliphatic rings. The molecule has 8 heteroatoms. The first-order chi connectivity index (χ1) is 8.40. The Balaban J connectivity index is 3.21. The number of halogens is 3. The zero-order chi connectivity index (χ0) is 13.8. The number of carbonyl (C=O) groups excluding carboxylic acids is 1. The maximum absolute atomic E-state index is 12.7. The van der Waals surface area contributed by atoms with E-state index >= 15 is 0 Å². The van der Waals surface area contributed by atoms with Crippen LogP contribution in [0.3, 0.4) is 0 Å². The van der Waals surface area contributed by atoms with Crippen molar-refractivity contribution in [2.24, 2.45) is 0 Å². The van der Waals surface area contributed by atoms with Crippen molar-refractivity contribution >= 4 is 5.97 Å². The van der Waals surface area contributed by atoms with Crippen molar-refractivity contribution in [1.82, 2.24) is 10.2 Å². The van der Waals surface area contributed by atoms with Crippen LogP contribution >= 0.6 is 0 Å². The minimum atomic E-state index is -4.73. The van der Waals surface area contributed by atoms with Gasteiger partial charge in [-0.1, -0.05) is 0 Å². The van der Waals surface area contributed by atoms with E-state index in [1.807, 2.05) is 0 Å². The van der Waals surface area contributed by atoms with Gasteiger partial charge in [0.2, 0.25) is 5.88 Å². The maximum atomic E-state index is 12.7. The summed E-state index contributed by atoms with van der Waals surface area (Å²) < 4.78 is 47.5. The van der Waals surface area contributed by atoms with E-state index in [0.717, 1.165) is 0 Å². The first kappa shape index (κ1) is 14.2. The molecule has 0 spiro atoms. The number of ether oxygens (including phenoxy) is 2. The lowest BCUT2D eigenvalue weighted by atomic mass is 10.2. The van der Waals surface area contributed by atoms with Crippen LogP contribution in [0, 0.1) is 0 Å². The molecule has 0 fully saturated rings. The molecule has 0 aromatic carbocycles. The highest BCUT2D eigenvalue weighted by Crippen LogP contribution is 2.32. The highest BCUT2D eigenvalue weighted by molar-refractivity contribution is 5.89. The summed E-state index contributed by atoms with van der Waals surface area (Å²) in [6.07, 6.45) is -4.73. The minimum absolute atomic E-state index is 0.0506. The largest absolute Gasteiger partial charge is 0.477 e. The Bertz CT molecular complexity index is 435. The lowest BCUT2D eigenvalue weighted by Gasteiger charge is -2.11. The summed E-state index contributed by atoms with van der Waals surface area (Å²) in [7, 11) is 0. The van der Waals surface area contributed by atoms with Gasteiger partial charge in [0.05, 0.1) is 18.8 Å². The zero-order valence-electron chi connectivity index (χ0n) is 9.74. The molecule has 0 saturated carbocycles. The van der Waals surface area contributed by atoms with Crippen molar-refractivity contribution in [2.45, 2.75) is 20.0 Å². The van der Waals surface area contributed by atoms with E-state index in [4.69, 9.17) is 4.74 Å². The summed E-state index contributed by atoms with van der Waals surface area (Å²) in [6.45, 7) is 3.16. The van der Waals surface area contributed by atoms with E-state index in [0.29, 0.717) is 6.07 Å². The van der Waals surface area contributed by atoms with Crippen LogP contribution < -0.4 is 4.74 Å². The normalized spacial score (nSPS) is 11.2. The van der Waals surface area contributed by atoms with Gasteiger partial charge in [-0.3, -0.25) is 0 Å². The van der Waals surface area contributed by atoms with E-state index in [2.05, 4.69) is 14.9 Å². The molecule has 1 rings (SSSR count). The first-order valence-corrected chi connectivity index (χ1v) is 5.15. The van der Waals surface area contributed by atoms with Crippen LogP contribution in [0.5, 0.6) is 5.88 Å². The van der Waals surface area contributed by atoms with Gasteiger partial charge in [0.15, 0.2) is 5.69 Å². The summed E-state index contributed by atoms with van der Waals surface area (Å²) >= 11 is 0. The molecule has 1 aromatic heterocycles. The van der Waals surface area contributed by atoms with Crippen molar-refractivity contribution in [3.63, 3.8) is 0 Å². The van der Waals surface area contributed by atoms with Crippen LogP contribution in [0.1, 0.15) is 29.9 Å². The highest BCUT2D eigenvalue weighted by Gasteiger charge is 2.38. The molecule has 18 heavy (non-hydrogen) atoms. The molecule has 0 aliphatic carbocycles. The average Bonchev–Trinajstić information content (AvgIpc) is 2.28. The van der Waals surface area contributed by atoms with Gasteiger partial charge in [-0.2, -0.15) is 13.2 Å².